The van der Waals surface area contributed by atoms with Crippen molar-refractivity contribution in [1.82, 2.24) is 4.98 Å². The maximum atomic E-state index is 5.02. The average Bonchev–Trinajstić information content (AvgIpc) is 3.77. The summed E-state index contributed by atoms with van der Waals surface area (Å²) >= 11 is 1.82. The summed E-state index contributed by atoms with van der Waals surface area (Å²) in [5.74, 6) is 0. The zero-order chi connectivity index (χ0) is 36.3. The maximum absolute atomic E-state index is 5.02. The molecule has 10 aromatic rings. The molecule has 2 nitrogen and oxygen atoms in total. The van der Waals surface area contributed by atoms with Crippen LogP contribution in [0.4, 0.5) is 17.1 Å². The number of thiophene rings is 1. The number of pyridine rings is 1. The van der Waals surface area contributed by atoms with Crippen LogP contribution >= 0.6 is 11.3 Å². The minimum atomic E-state index is -0.452. The third kappa shape index (κ3) is 4.90. The molecule has 0 unspecified atom stereocenters. The van der Waals surface area contributed by atoms with E-state index in [1.165, 1.54) is 70.1 Å². The zero-order valence-corrected chi connectivity index (χ0v) is 30.7. The molecule has 0 N–H and O–H groups in total. The quantitative estimate of drug-likeness (QED) is 0.170. The summed E-state index contributed by atoms with van der Waals surface area (Å²) in [4.78, 5) is 7.45. The van der Waals surface area contributed by atoms with Gasteiger partial charge in [-0.2, -0.15) is 0 Å². The zero-order valence-electron chi connectivity index (χ0n) is 29.9. The number of rotatable bonds is 6. The second-order valence-corrected chi connectivity index (χ2v) is 15.4. The van der Waals surface area contributed by atoms with Gasteiger partial charge in [0.25, 0.3) is 0 Å². The van der Waals surface area contributed by atoms with Gasteiger partial charge in [0.15, 0.2) is 0 Å². The van der Waals surface area contributed by atoms with Crippen LogP contribution in [0.2, 0.25) is 0 Å². The van der Waals surface area contributed by atoms with E-state index < -0.39 is 5.41 Å². The Hall–Kier alpha value is -6.81. The Morgan fingerprint density at radius 3 is 1.76 bits per heavy atom. The van der Waals surface area contributed by atoms with Gasteiger partial charge in [0.05, 0.1) is 21.3 Å². The van der Waals surface area contributed by atoms with E-state index in [1.54, 1.807) is 0 Å². The molecule has 3 heteroatoms. The molecule has 0 radical (unpaired) electrons. The van der Waals surface area contributed by atoms with E-state index in [0.29, 0.717) is 0 Å². The van der Waals surface area contributed by atoms with E-state index in [4.69, 9.17) is 4.98 Å². The molecule has 0 saturated heterocycles. The van der Waals surface area contributed by atoms with Crippen LogP contribution in [0.15, 0.2) is 206 Å². The smallest absolute Gasteiger partial charge is 0.0909 e. The lowest BCUT2D eigenvalue weighted by molar-refractivity contribution is 0.768. The van der Waals surface area contributed by atoms with Gasteiger partial charge in [0.1, 0.15) is 0 Å². The Morgan fingerprint density at radius 1 is 0.455 bits per heavy atom. The van der Waals surface area contributed by atoms with Crippen LogP contribution in [-0.4, -0.2) is 4.98 Å². The average molecular weight is 719 g/mol. The minimum absolute atomic E-state index is 0.452. The fourth-order valence-corrected chi connectivity index (χ4v) is 10.1. The lowest BCUT2D eigenvalue weighted by Crippen LogP contribution is -2.28. The van der Waals surface area contributed by atoms with Crippen LogP contribution in [0, 0.1) is 0 Å². The van der Waals surface area contributed by atoms with E-state index in [2.05, 4.69) is 205 Å². The molecule has 8 aromatic carbocycles. The maximum Gasteiger partial charge on any atom is 0.0909 e. The molecule has 2 aromatic heterocycles. The highest BCUT2D eigenvalue weighted by Gasteiger charge is 2.46. The number of hydrogen-bond acceptors (Lipinski definition) is 3. The van der Waals surface area contributed by atoms with Crippen molar-refractivity contribution in [2.24, 2.45) is 0 Å². The molecule has 2 heterocycles. The molecule has 0 spiro atoms. The fourth-order valence-electron chi connectivity index (χ4n) is 8.94. The van der Waals surface area contributed by atoms with Gasteiger partial charge in [-0.1, -0.05) is 158 Å². The molecule has 0 amide bonds. The van der Waals surface area contributed by atoms with Crippen molar-refractivity contribution in [3.05, 3.63) is 229 Å². The highest BCUT2D eigenvalue weighted by atomic mass is 32.1. The van der Waals surface area contributed by atoms with Crippen LogP contribution in [0.3, 0.4) is 0 Å². The summed E-state index contributed by atoms with van der Waals surface area (Å²) in [7, 11) is 0. The molecular weight excluding hydrogens is 685 g/mol. The third-order valence-corrected chi connectivity index (χ3v) is 12.5. The number of benzene rings is 8. The molecule has 0 fully saturated rings. The van der Waals surface area contributed by atoms with Gasteiger partial charge in [-0.05, 0) is 97.7 Å². The normalized spacial score (nSPS) is 12.9. The largest absolute Gasteiger partial charge is 0.309 e. The Balaban J connectivity index is 1.16. The van der Waals surface area contributed by atoms with Crippen LogP contribution in [-0.2, 0) is 5.41 Å². The Labute approximate surface area is 324 Å². The molecule has 0 bridgehead atoms. The third-order valence-electron chi connectivity index (χ3n) is 11.4. The first-order valence-corrected chi connectivity index (χ1v) is 19.6. The molecule has 0 saturated carbocycles. The van der Waals surface area contributed by atoms with E-state index in [0.717, 1.165) is 22.6 Å². The monoisotopic (exact) mass is 718 g/mol. The van der Waals surface area contributed by atoms with E-state index in [1.807, 2.05) is 17.5 Å². The summed E-state index contributed by atoms with van der Waals surface area (Å²) in [6.45, 7) is 0. The second kappa shape index (κ2) is 12.7. The predicted octanol–water partition coefficient (Wildman–Crippen LogP) is 14.1. The van der Waals surface area contributed by atoms with Gasteiger partial charge in [-0.25, -0.2) is 0 Å². The molecule has 11 rings (SSSR count). The van der Waals surface area contributed by atoms with Crippen molar-refractivity contribution in [2.75, 3.05) is 4.90 Å². The van der Waals surface area contributed by atoms with Crippen molar-refractivity contribution >= 4 is 59.5 Å². The van der Waals surface area contributed by atoms with Gasteiger partial charge < -0.3 is 4.90 Å². The summed E-state index contributed by atoms with van der Waals surface area (Å²) < 4.78 is 2.41. The Kier molecular flexibility index (Phi) is 7.29. The first-order valence-electron chi connectivity index (χ1n) is 18.8. The highest BCUT2D eigenvalue weighted by Crippen LogP contribution is 2.57. The van der Waals surface area contributed by atoms with Gasteiger partial charge in [0, 0.05) is 27.7 Å². The van der Waals surface area contributed by atoms with Gasteiger partial charge >= 0.3 is 0 Å². The predicted molar refractivity (Wildman–Crippen MR) is 232 cm³/mol. The van der Waals surface area contributed by atoms with E-state index >= 15 is 0 Å². The Morgan fingerprint density at radius 2 is 1.04 bits per heavy atom. The summed E-state index contributed by atoms with van der Waals surface area (Å²) in [5.41, 5.74) is 13.9. The molecule has 55 heavy (non-hydrogen) atoms. The summed E-state index contributed by atoms with van der Waals surface area (Å²) in [6.07, 6.45) is 1.98. The minimum Gasteiger partial charge on any atom is -0.309 e. The van der Waals surface area contributed by atoms with Crippen LogP contribution in [0.1, 0.15) is 22.3 Å². The van der Waals surface area contributed by atoms with Crippen molar-refractivity contribution in [3.63, 3.8) is 0 Å². The Bertz CT molecular complexity index is 2980. The molecule has 258 valence electrons. The van der Waals surface area contributed by atoms with Crippen molar-refractivity contribution < 1.29 is 0 Å². The molecule has 1 aliphatic carbocycles. The summed E-state index contributed by atoms with van der Waals surface area (Å²) in [6, 6.07) is 73.1. The van der Waals surface area contributed by atoms with E-state index in [-0.39, 0.29) is 0 Å². The number of fused-ring (bicyclic) bond motifs is 7. The molecule has 0 atom stereocenters. The van der Waals surface area contributed by atoms with Crippen LogP contribution < -0.4 is 4.90 Å². The molecule has 1 aliphatic rings. The van der Waals surface area contributed by atoms with Crippen molar-refractivity contribution in [3.8, 4) is 22.3 Å². The number of anilines is 3. The topological polar surface area (TPSA) is 16.1 Å². The standard InChI is InChI=1S/C52H34N2S/c1-4-14-35(15-5-1)36-24-26-41(27-25-36)54(48-30-31-53-50-45-32-37-16-10-11-17-38(37)33-49(45)55-51(48)50)42-28-29-47-44(34-42)43-22-12-13-23-46(43)52(47,39-18-6-2-7-19-39)40-20-8-3-9-21-40/h1-34H. The first-order chi connectivity index (χ1) is 27.3. The van der Waals surface area contributed by atoms with Crippen molar-refractivity contribution in [1.29, 1.82) is 0 Å². The second-order valence-electron chi connectivity index (χ2n) is 14.3. The lowest BCUT2D eigenvalue weighted by atomic mass is 9.68. The molecular formula is C52H34N2S. The SMILES string of the molecule is c1ccc(-c2ccc(N(c3ccc4c(c3)-c3ccccc3C4(c3ccccc3)c3ccccc3)c3ccnc4c3sc3cc5ccccc5cc34)cc2)cc1. The number of hydrogen-bond donors (Lipinski definition) is 0. The lowest BCUT2D eigenvalue weighted by Gasteiger charge is -2.34. The first kappa shape index (κ1) is 31.7. The number of nitrogens with zero attached hydrogens (tertiary/aromatic N) is 2. The van der Waals surface area contributed by atoms with Gasteiger partial charge in [0.2, 0.25) is 0 Å². The van der Waals surface area contributed by atoms with Gasteiger partial charge in [-0.15, -0.1) is 11.3 Å². The highest BCUT2D eigenvalue weighted by molar-refractivity contribution is 7.26. The van der Waals surface area contributed by atoms with Crippen molar-refractivity contribution in [2.45, 2.75) is 5.41 Å². The summed E-state index contributed by atoms with van der Waals surface area (Å²) in [5, 5.41) is 3.67. The van der Waals surface area contributed by atoms with E-state index in [9.17, 15) is 0 Å². The van der Waals surface area contributed by atoms with Crippen LogP contribution in [0.5, 0.6) is 0 Å². The van der Waals surface area contributed by atoms with Crippen LogP contribution in [0.25, 0.3) is 53.3 Å². The van der Waals surface area contributed by atoms with Gasteiger partial charge in [-0.3, -0.25) is 4.98 Å². The molecule has 0 aliphatic heterocycles. The number of aromatic nitrogens is 1. The fraction of sp³-hybridized carbons (Fsp3) is 0.0192.